The molecular weight excluding hydrogens is 405 g/mol. The Labute approximate surface area is 171 Å². The highest BCUT2D eigenvalue weighted by Crippen LogP contribution is 2.60. The van der Waals surface area contributed by atoms with Crippen molar-refractivity contribution in [2.45, 2.75) is 42.0 Å². The first kappa shape index (κ1) is 19.3. The van der Waals surface area contributed by atoms with E-state index in [1.807, 2.05) is 0 Å². The van der Waals surface area contributed by atoms with E-state index in [1.165, 1.54) is 23.9 Å². The highest BCUT2D eigenvalue weighted by Gasteiger charge is 2.69. The third kappa shape index (κ3) is 3.53. The molecule has 2 atom stereocenters. The monoisotopic (exact) mass is 423 g/mol. The molecule has 6 nitrogen and oxygen atoms in total. The molecule has 4 fully saturated rings. The number of amides is 2. The van der Waals surface area contributed by atoms with E-state index in [1.54, 1.807) is 0 Å². The molecule has 9 heteroatoms. The molecule has 2 unspecified atom stereocenters. The van der Waals surface area contributed by atoms with Crippen LogP contribution in [-0.4, -0.2) is 40.5 Å². The zero-order chi connectivity index (χ0) is 19.9. The highest BCUT2D eigenvalue weighted by molar-refractivity contribution is 8.00. The van der Waals surface area contributed by atoms with Gasteiger partial charge in [0.05, 0.1) is 22.3 Å². The van der Waals surface area contributed by atoms with E-state index < -0.39 is 5.82 Å². The molecule has 2 bridgehead atoms. The second-order valence-corrected chi connectivity index (χ2v) is 9.47. The molecule has 0 spiro atoms. The second kappa shape index (κ2) is 7.12. The Kier molecular flexibility index (Phi) is 4.92. The molecule has 148 valence electrons. The van der Waals surface area contributed by atoms with Crippen LogP contribution in [0.4, 0.5) is 4.39 Å². The van der Waals surface area contributed by atoms with Crippen LogP contribution in [0.3, 0.4) is 0 Å². The van der Waals surface area contributed by atoms with Crippen molar-refractivity contribution in [3.05, 3.63) is 29.0 Å². The molecular formula is C19H19ClFN3O3S. The molecule has 1 aromatic carbocycles. The summed E-state index contributed by atoms with van der Waals surface area (Å²) in [4.78, 5) is 24.6. The van der Waals surface area contributed by atoms with E-state index in [9.17, 15) is 14.0 Å². The maximum Gasteiger partial charge on any atom is 0.258 e. The summed E-state index contributed by atoms with van der Waals surface area (Å²) < 4.78 is 18.7. The van der Waals surface area contributed by atoms with Gasteiger partial charge in [-0.1, -0.05) is 11.6 Å². The fraction of sp³-hybridized carbons (Fsp3) is 0.526. The van der Waals surface area contributed by atoms with Crippen LogP contribution in [0.15, 0.2) is 18.2 Å². The number of benzene rings is 1. The van der Waals surface area contributed by atoms with Gasteiger partial charge < -0.3 is 15.4 Å². The number of carbonyl (C=O) groups is 2. The van der Waals surface area contributed by atoms with Crippen LogP contribution >= 0.6 is 23.4 Å². The van der Waals surface area contributed by atoms with Gasteiger partial charge in [0.2, 0.25) is 5.91 Å². The SMILES string of the molecule is N#CC1CCSC1C(=O)NC12CC(NC(=O)COc3ccc(Cl)c(F)c3)(C1)C2. The van der Waals surface area contributed by atoms with E-state index >= 15 is 0 Å². The zero-order valence-electron chi connectivity index (χ0n) is 15.0. The summed E-state index contributed by atoms with van der Waals surface area (Å²) in [6.45, 7) is -0.218. The van der Waals surface area contributed by atoms with Crippen molar-refractivity contribution in [2.75, 3.05) is 12.4 Å². The van der Waals surface area contributed by atoms with Crippen molar-refractivity contribution in [1.29, 1.82) is 5.26 Å². The summed E-state index contributed by atoms with van der Waals surface area (Å²) in [5.41, 5.74) is -0.551. The lowest BCUT2D eigenvalue weighted by molar-refractivity contribution is -0.150. The number of hydrogen-bond donors (Lipinski definition) is 2. The molecule has 5 rings (SSSR count). The zero-order valence-corrected chi connectivity index (χ0v) is 16.5. The van der Waals surface area contributed by atoms with Gasteiger partial charge in [-0.3, -0.25) is 9.59 Å². The lowest BCUT2D eigenvalue weighted by atomic mass is 9.44. The Bertz CT molecular complexity index is 855. The number of hydrogen-bond acceptors (Lipinski definition) is 5. The third-order valence-corrected chi connectivity index (χ3v) is 7.28. The molecule has 28 heavy (non-hydrogen) atoms. The smallest absolute Gasteiger partial charge is 0.258 e. The van der Waals surface area contributed by atoms with E-state index in [0.717, 1.165) is 18.2 Å². The van der Waals surface area contributed by atoms with Crippen LogP contribution in [0.2, 0.25) is 5.02 Å². The lowest BCUT2D eigenvalue weighted by Crippen LogP contribution is -2.84. The minimum Gasteiger partial charge on any atom is -0.484 e. The summed E-state index contributed by atoms with van der Waals surface area (Å²) in [6.07, 6.45) is 2.80. The van der Waals surface area contributed by atoms with E-state index in [-0.39, 0.29) is 51.4 Å². The molecule has 4 aliphatic rings. The average Bonchev–Trinajstić information content (AvgIpc) is 3.08. The molecule has 3 saturated carbocycles. The van der Waals surface area contributed by atoms with E-state index in [0.29, 0.717) is 19.3 Å². The van der Waals surface area contributed by atoms with Crippen LogP contribution in [0, 0.1) is 23.1 Å². The number of ether oxygens (including phenoxy) is 1. The standard InChI is InChI=1S/C19H19ClFN3O3S/c20-13-2-1-12(5-14(13)21)27-7-15(25)23-18-8-19(9-18,10-18)24-17(26)16-11(6-22)3-4-28-16/h1-2,5,11,16H,3-4,7-10H2,(H,23,25)(H,24,26). The van der Waals surface area contributed by atoms with E-state index in [2.05, 4.69) is 16.7 Å². The van der Waals surface area contributed by atoms with Crippen LogP contribution in [0.1, 0.15) is 25.7 Å². The quantitative estimate of drug-likeness (QED) is 0.733. The van der Waals surface area contributed by atoms with Gasteiger partial charge in [-0.05, 0) is 43.6 Å². The van der Waals surface area contributed by atoms with Gasteiger partial charge in [-0.25, -0.2) is 4.39 Å². The van der Waals surface area contributed by atoms with Crippen molar-refractivity contribution in [1.82, 2.24) is 10.6 Å². The summed E-state index contributed by atoms with van der Waals surface area (Å²) >= 11 is 7.15. The van der Waals surface area contributed by atoms with Crippen molar-refractivity contribution >= 4 is 35.2 Å². The minimum absolute atomic E-state index is 0.00453. The maximum atomic E-state index is 13.4. The number of carbonyl (C=O) groups excluding carboxylic acids is 2. The Hall–Kier alpha value is -1.98. The van der Waals surface area contributed by atoms with Gasteiger partial charge in [0.15, 0.2) is 6.61 Å². The van der Waals surface area contributed by atoms with Gasteiger partial charge in [-0.15, -0.1) is 11.8 Å². The topological polar surface area (TPSA) is 91.2 Å². The molecule has 1 saturated heterocycles. The Balaban J connectivity index is 1.22. The molecule has 2 N–H and O–H groups in total. The highest BCUT2D eigenvalue weighted by atomic mass is 35.5. The van der Waals surface area contributed by atoms with Gasteiger partial charge in [-0.2, -0.15) is 5.26 Å². The number of rotatable bonds is 6. The van der Waals surface area contributed by atoms with Crippen molar-refractivity contribution < 1.29 is 18.7 Å². The summed E-state index contributed by atoms with van der Waals surface area (Å²) in [5, 5.41) is 14.9. The molecule has 0 radical (unpaired) electrons. The van der Waals surface area contributed by atoms with Crippen molar-refractivity contribution in [2.24, 2.45) is 5.92 Å². The van der Waals surface area contributed by atoms with Crippen LogP contribution in [0.25, 0.3) is 0 Å². The van der Waals surface area contributed by atoms with Crippen molar-refractivity contribution in [3.8, 4) is 11.8 Å². The van der Waals surface area contributed by atoms with Gasteiger partial charge in [0, 0.05) is 17.1 Å². The molecule has 0 aromatic heterocycles. The average molecular weight is 424 g/mol. The Morgan fingerprint density at radius 1 is 1.32 bits per heavy atom. The number of halogens is 2. The normalized spacial score (nSPS) is 32.5. The summed E-state index contributed by atoms with van der Waals surface area (Å²) in [7, 11) is 0. The molecule has 1 aromatic rings. The number of nitriles is 1. The van der Waals surface area contributed by atoms with Crippen LogP contribution < -0.4 is 15.4 Å². The first-order valence-electron chi connectivity index (χ1n) is 9.06. The number of nitrogens with one attached hydrogen (secondary N) is 2. The summed E-state index contributed by atoms with van der Waals surface area (Å²) in [6, 6.07) is 6.22. The first-order valence-corrected chi connectivity index (χ1v) is 10.5. The largest absolute Gasteiger partial charge is 0.484 e. The van der Waals surface area contributed by atoms with Crippen LogP contribution in [0.5, 0.6) is 5.75 Å². The molecule has 1 heterocycles. The molecule has 2 amide bonds. The summed E-state index contributed by atoms with van der Waals surface area (Å²) in [5.74, 6) is -0.107. The first-order chi connectivity index (χ1) is 13.3. The van der Waals surface area contributed by atoms with Gasteiger partial charge in [0.1, 0.15) is 11.6 Å². The van der Waals surface area contributed by atoms with Gasteiger partial charge in [0.25, 0.3) is 5.91 Å². The predicted octanol–water partition coefficient (Wildman–Crippen LogP) is 2.41. The molecule has 1 aliphatic heterocycles. The Morgan fingerprint density at radius 3 is 2.71 bits per heavy atom. The predicted molar refractivity (Wildman–Crippen MR) is 102 cm³/mol. The lowest BCUT2D eigenvalue weighted by Gasteiger charge is -2.70. The van der Waals surface area contributed by atoms with Gasteiger partial charge >= 0.3 is 0 Å². The number of thioether (sulfide) groups is 1. The maximum absolute atomic E-state index is 13.4. The minimum atomic E-state index is -0.601. The van der Waals surface area contributed by atoms with E-state index in [4.69, 9.17) is 21.6 Å². The third-order valence-electron chi connectivity index (χ3n) is 5.60. The van der Waals surface area contributed by atoms with Crippen molar-refractivity contribution in [3.63, 3.8) is 0 Å². The second-order valence-electron chi connectivity index (χ2n) is 7.81. The van der Waals surface area contributed by atoms with Crippen LogP contribution in [-0.2, 0) is 9.59 Å². The number of nitrogens with zero attached hydrogens (tertiary/aromatic N) is 1. The molecule has 3 aliphatic carbocycles. The Morgan fingerprint density at radius 2 is 2.04 bits per heavy atom. The fourth-order valence-corrected chi connectivity index (χ4v) is 5.81. The fourth-order valence-electron chi connectivity index (χ4n) is 4.41.